The minimum atomic E-state index is -1.73. The van der Waals surface area contributed by atoms with Crippen molar-refractivity contribution in [2.24, 2.45) is 22.7 Å². The third-order valence-corrected chi connectivity index (χ3v) is 12.0. The van der Waals surface area contributed by atoms with Gasteiger partial charge in [-0.05, 0) is 49.4 Å². The molecular weight excluding hydrogens is 805 g/mol. The molecule has 1 radical (unpaired) electrons. The Morgan fingerprint density at radius 2 is 1.86 bits per heavy atom. The Bertz CT molecular complexity index is 1330. The van der Waals surface area contributed by atoms with Crippen molar-refractivity contribution >= 4 is 29.1 Å². The van der Waals surface area contributed by atoms with E-state index in [4.69, 9.17) is 14.2 Å². The van der Waals surface area contributed by atoms with Gasteiger partial charge in [-0.15, -0.1) is 11.3 Å². The molecule has 241 valence electrons. The summed E-state index contributed by atoms with van der Waals surface area (Å²) in [6.07, 6.45) is -6.31. The molecule has 5 N–H and O–H groups in total. The second kappa shape index (κ2) is 12.4. The smallest absolute Gasteiger partial charge is 0.337 e. The van der Waals surface area contributed by atoms with Crippen molar-refractivity contribution in [3.05, 3.63) is 33.5 Å². The molecule has 0 aromatic carbocycles. The van der Waals surface area contributed by atoms with E-state index in [2.05, 4.69) is 5.32 Å². The fourth-order valence-electron chi connectivity index (χ4n) is 8.63. The zero-order valence-electron chi connectivity index (χ0n) is 26.2. The van der Waals surface area contributed by atoms with E-state index >= 15 is 0 Å². The first-order valence-electron chi connectivity index (χ1n) is 14.7. The first kappa shape index (κ1) is 36.1. The number of thiophene rings is 1. The maximum absolute atomic E-state index is 14.6. The number of carbonyl (C=O) groups is 3. The average Bonchev–Trinajstić information content (AvgIpc) is 3.46. The molecular formula is C31H43AcNO10S. The molecule has 1 unspecified atom stereocenters. The van der Waals surface area contributed by atoms with Gasteiger partial charge in [-0.1, -0.05) is 26.8 Å². The summed E-state index contributed by atoms with van der Waals surface area (Å²) in [7, 11) is 1.62. The zero-order valence-corrected chi connectivity index (χ0v) is 31.8. The molecule has 5 rings (SSSR count). The number of likely N-dealkylation sites (N-methyl/N-ethyl adjacent to an activating group) is 1. The summed E-state index contributed by atoms with van der Waals surface area (Å²) >= 11 is 1.37. The van der Waals surface area contributed by atoms with E-state index in [1.807, 2.05) is 5.38 Å². The van der Waals surface area contributed by atoms with Gasteiger partial charge in [0.1, 0.15) is 11.7 Å². The summed E-state index contributed by atoms with van der Waals surface area (Å²) in [6, 6.07) is 2.85. The Morgan fingerprint density at radius 3 is 2.39 bits per heavy atom. The van der Waals surface area contributed by atoms with Crippen molar-refractivity contribution in [1.29, 1.82) is 0 Å². The monoisotopic (exact) mass is 848 g/mol. The van der Waals surface area contributed by atoms with E-state index in [0.717, 1.165) is 4.88 Å². The van der Waals surface area contributed by atoms with Crippen LogP contribution in [0.4, 0.5) is 0 Å². The van der Waals surface area contributed by atoms with Gasteiger partial charge in [0.2, 0.25) is 0 Å². The van der Waals surface area contributed by atoms with Crippen LogP contribution in [-0.4, -0.2) is 93.5 Å². The number of rotatable bonds is 6. The molecule has 3 fully saturated rings. The van der Waals surface area contributed by atoms with E-state index in [1.54, 1.807) is 53.8 Å². The van der Waals surface area contributed by atoms with Gasteiger partial charge in [-0.25, -0.2) is 4.79 Å². The number of aliphatic hydroxyl groups is 4. The van der Waals surface area contributed by atoms with Crippen molar-refractivity contribution < 1.29 is 93.1 Å². The number of fused-ring (bicyclic) bond motifs is 5. The normalized spacial score (nSPS) is 40.6. The van der Waals surface area contributed by atoms with Gasteiger partial charge < -0.3 is 40.0 Å². The number of nitrogens with one attached hydrogen (secondary N) is 1. The van der Waals surface area contributed by atoms with Crippen LogP contribution in [0.3, 0.4) is 0 Å². The number of ether oxygens (including phenoxy) is 3. The standard InChI is InChI=1S/C31H43NO10S.Ac/c1-14-17(42-27(37)23(35)22(32-7)18-9-8-10-43-18)12-31(39)15(2)25-29(6,19(34)11-20-30(25,38)13-40-20)26(36)24(41-16(3)33)21(14)28(31,4)5;/h8-10,15,17,19-20,22-25,32,34-35,38-39H,11-13H2,1-7H3;/t15-,17-,19-,20+,22-,23+,24+,25?,29+,30-,31+;/m0./s1. The van der Waals surface area contributed by atoms with E-state index in [0.29, 0.717) is 5.57 Å². The van der Waals surface area contributed by atoms with Crippen LogP contribution < -0.4 is 5.32 Å². The topological polar surface area (TPSA) is 172 Å². The SMILES string of the molecule is CN[C@@H](c1cccs1)[C@@H](O)C(=O)O[C@H]1C[C@@]2(O)[C@@H](C)C3[C@]4(O)CO[C@@H]4C[C@H](O)[C@@]3(C)C(=O)[C@H](OC(C)=O)C(=C1C)C2(C)C.[Ac]. The molecule has 11 nitrogen and oxygen atoms in total. The van der Waals surface area contributed by atoms with Gasteiger partial charge in [-0.3, -0.25) is 9.59 Å². The third kappa shape index (κ3) is 5.12. The number of hydrogen-bond donors (Lipinski definition) is 5. The maximum atomic E-state index is 14.6. The number of hydrogen-bond acceptors (Lipinski definition) is 12. The Hall–Kier alpha value is -0.748. The molecule has 13 heteroatoms. The number of Topliss-reactive ketones (excluding diaryl/α,β-unsaturated/α-hetero) is 1. The molecule has 44 heavy (non-hydrogen) atoms. The van der Waals surface area contributed by atoms with Crippen LogP contribution in [0.2, 0.25) is 0 Å². The maximum Gasteiger partial charge on any atom is 0.337 e. The van der Waals surface area contributed by atoms with Crippen LogP contribution in [0, 0.1) is 66.7 Å². The predicted molar refractivity (Wildman–Crippen MR) is 155 cm³/mol. The van der Waals surface area contributed by atoms with Crippen LogP contribution >= 0.6 is 11.3 Å². The minimum absolute atomic E-state index is 0. The first-order valence-corrected chi connectivity index (χ1v) is 15.6. The molecule has 1 aliphatic heterocycles. The Balaban J connectivity index is 0.00000442. The van der Waals surface area contributed by atoms with Gasteiger partial charge in [0.25, 0.3) is 0 Å². The Kier molecular flexibility index (Phi) is 10.1. The Morgan fingerprint density at radius 1 is 1.20 bits per heavy atom. The van der Waals surface area contributed by atoms with Crippen LogP contribution in [0.5, 0.6) is 0 Å². The van der Waals surface area contributed by atoms with Crippen molar-refractivity contribution in [2.75, 3.05) is 13.7 Å². The fraction of sp³-hybridized carbons (Fsp3) is 0.710. The van der Waals surface area contributed by atoms with Gasteiger partial charge in [0.15, 0.2) is 18.0 Å². The van der Waals surface area contributed by atoms with Crippen LogP contribution in [0.1, 0.15) is 65.3 Å². The van der Waals surface area contributed by atoms with E-state index in [9.17, 15) is 34.8 Å². The van der Waals surface area contributed by atoms with Crippen molar-refractivity contribution in [2.45, 2.75) is 102 Å². The number of esters is 2. The second-order valence-corrected chi connectivity index (χ2v) is 14.4. The number of ketones is 1. The molecule has 11 atom stereocenters. The average molecular weight is 849 g/mol. The molecule has 0 amide bonds. The van der Waals surface area contributed by atoms with Crippen molar-refractivity contribution in [3.8, 4) is 0 Å². The first-order chi connectivity index (χ1) is 20.0. The molecule has 4 aliphatic rings. The summed E-state index contributed by atoms with van der Waals surface area (Å²) < 4.78 is 17.2. The van der Waals surface area contributed by atoms with Crippen molar-refractivity contribution in [1.82, 2.24) is 5.32 Å². The predicted octanol–water partition coefficient (Wildman–Crippen LogP) is 1.43. The van der Waals surface area contributed by atoms with E-state index in [1.165, 1.54) is 18.3 Å². The van der Waals surface area contributed by atoms with Crippen LogP contribution in [-0.2, 0) is 28.6 Å². The molecule has 1 aromatic heterocycles. The summed E-state index contributed by atoms with van der Waals surface area (Å²) in [5, 5.41) is 51.9. The van der Waals surface area contributed by atoms with Crippen LogP contribution in [0.15, 0.2) is 28.7 Å². The molecule has 3 aliphatic carbocycles. The zero-order chi connectivity index (χ0) is 31.9. The van der Waals surface area contributed by atoms with E-state index in [-0.39, 0.29) is 69.1 Å². The molecule has 0 spiro atoms. The quantitative estimate of drug-likeness (QED) is 0.207. The van der Waals surface area contributed by atoms with E-state index < -0.39 is 88.2 Å². The van der Waals surface area contributed by atoms with Crippen molar-refractivity contribution in [3.63, 3.8) is 0 Å². The largest absolute Gasteiger partial charge is 0.456 e. The number of aliphatic hydroxyl groups excluding tert-OH is 2. The van der Waals surface area contributed by atoms with Crippen LogP contribution in [0.25, 0.3) is 0 Å². The third-order valence-electron chi connectivity index (χ3n) is 11.1. The molecule has 2 bridgehead atoms. The molecule has 2 heterocycles. The summed E-state index contributed by atoms with van der Waals surface area (Å²) in [4.78, 5) is 41.3. The van der Waals surface area contributed by atoms with Gasteiger partial charge in [0.05, 0.1) is 35.9 Å². The van der Waals surface area contributed by atoms with Gasteiger partial charge in [0, 0.05) is 80.0 Å². The minimum Gasteiger partial charge on any atom is -0.456 e. The molecule has 1 aromatic rings. The molecule has 1 saturated heterocycles. The van der Waals surface area contributed by atoms with Gasteiger partial charge in [-0.2, -0.15) is 0 Å². The Labute approximate surface area is 297 Å². The summed E-state index contributed by atoms with van der Waals surface area (Å²) in [5.41, 5.74) is -5.40. The molecule has 2 saturated carbocycles. The number of carbonyl (C=O) groups excluding carboxylic acids is 3. The van der Waals surface area contributed by atoms with Gasteiger partial charge >= 0.3 is 11.9 Å². The fourth-order valence-corrected chi connectivity index (χ4v) is 9.49. The second-order valence-electron chi connectivity index (χ2n) is 13.4. The summed E-state index contributed by atoms with van der Waals surface area (Å²) in [5.74, 6) is -4.10. The summed E-state index contributed by atoms with van der Waals surface area (Å²) in [6.45, 7) is 9.53.